The van der Waals surface area contributed by atoms with E-state index in [9.17, 15) is 55.6 Å². The summed E-state index contributed by atoms with van der Waals surface area (Å²) in [7, 11) is 0. The number of hydrogen-bond donors (Lipinski definition) is 5. The number of carbonyl (C=O) groups is 5. The summed E-state index contributed by atoms with van der Waals surface area (Å²) < 4.78 is 103. The summed E-state index contributed by atoms with van der Waals surface area (Å²) in [4.78, 5) is 71.7. The Morgan fingerprint density at radius 1 is 0.590 bits per heavy atom. The summed E-state index contributed by atoms with van der Waals surface area (Å²) in [5.74, 6) is -4.66. The number of nitriles is 1. The van der Waals surface area contributed by atoms with E-state index >= 15 is 0 Å². The van der Waals surface area contributed by atoms with E-state index in [2.05, 4.69) is 57.8 Å². The Morgan fingerprint density at radius 3 is 1.30 bits per heavy atom. The van der Waals surface area contributed by atoms with Crippen molar-refractivity contribution in [2.75, 3.05) is 21.3 Å². The molecule has 29 heteroatoms. The largest absolute Gasteiger partial charge is 0.444 e. The number of pyridine rings is 2. The number of anilines is 4. The van der Waals surface area contributed by atoms with Crippen LogP contribution in [-0.4, -0.2) is 93.3 Å². The van der Waals surface area contributed by atoms with Crippen LogP contribution in [-0.2, 0) is 29.9 Å². The van der Waals surface area contributed by atoms with E-state index < -0.39 is 87.6 Å². The number of alkyl halides is 6. The number of halogens is 6. The van der Waals surface area contributed by atoms with Gasteiger partial charge < -0.3 is 34.9 Å². The Balaban J connectivity index is 0.000000304. The zero-order valence-electron chi connectivity index (χ0n) is 48.5. The lowest BCUT2D eigenvalue weighted by Gasteiger charge is -2.24. The second kappa shape index (κ2) is 24.3. The van der Waals surface area contributed by atoms with E-state index in [-0.39, 0.29) is 57.9 Å². The Bertz CT molecular complexity index is 3370. The highest BCUT2D eigenvalue weighted by Crippen LogP contribution is 2.43. The molecule has 6 heterocycles. The molecule has 0 fully saturated rings. The molecular formula is C54H66F6N14O9. The van der Waals surface area contributed by atoms with Crippen LogP contribution in [0.1, 0.15) is 174 Å². The second-order valence-corrected chi connectivity index (χ2v) is 22.7. The summed E-state index contributed by atoms with van der Waals surface area (Å²) in [6, 6.07) is 9.93. The van der Waals surface area contributed by atoms with Gasteiger partial charge >= 0.3 is 24.5 Å². The molecule has 6 N–H and O–H groups in total. The van der Waals surface area contributed by atoms with Crippen LogP contribution in [0.5, 0.6) is 0 Å². The quantitative estimate of drug-likeness (QED) is 0.0597. The first-order chi connectivity index (χ1) is 38.1. The van der Waals surface area contributed by atoms with E-state index in [1.165, 1.54) is 27.8 Å². The van der Waals surface area contributed by atoms with Crippen LogP contribution in [0, 0.1) is 11.3 Å². The number of aromatic nitrogens is 8. The molecule has 448 valence electrons. The van der Waals surface area contributed by atoms with Gasteiger partial charge in [0.2, 0.25) is 11.8 Å². The molecule has 0 aliphatic heterocycles. The van der Waals surface area contributed by atoms with Gasteiger partial charge in [0.25, 0.3) is 5.91 Å². The zero-order valence-corrected chi connectivity index (χ0v) is 48.5. The number of ether oxygens (including phenoxy) is 2. The Hall–Kier alpha value is -8.84. The number of rotatable bonds is 15. The van der Waals surface area contributed by atoms with Gasteiger partial charge in [-0.3, -0.25) is 35.0 Å². The molecule has 2 atom stereocenters. The van der Waals surface area contributed by atoms with Gasteiger partial charge in [-0.1, -0.05) is 10.3 Å². The fourth-order valence-electron chi connectivity index (χ4n) is 7.28. The molecule has 5 amide bonds. The molecule has 23 nitrogen and oxygen atoms in total. The van der Waals surface area contributed by atoms with Crippen LogP contribution >= 0.6 is 0 Å². The highest BCUT2D eigenvalue weighted by molar-refractivity contribution is 6.06. The van der Waals surface area contributed by atoms with E-state index in [0.29, 0.717) is 22.5 Å². The Morgan fingerprint density at radius 2 is 0.964 bits per heavy atom. The predicted octanol–water partition coefficient (Wildman–Crippen LogP) is 11.9. The van der Waals surface area contributed by atoms with Crippen molar-refractivity contribution in [3.8, 4) is 28.6 Å². The van der Waals surface area contributed by atoms with Crippen LogP contribution in [0.2, 0.25) is 0 Å². The highest BCUT2D eigenvalue weighted by Gasteiger charge is 2.52. The maximum Gasteiger partial charge on any atom is 0.413 e. The lowest BCUT2D eigenvalue weighted by molar-refractivity contribution is -0.186. The van der Waals surface area contributed by atoms with Crippen molar-refractivity contribution in [2.45, 2.75) is 169 Å². The number of amides is 5. The summed E-state index contributed by atoms with van der Waals surface area (Å²) in [6.45, 7) is 24.4. The average molecular weight is 1170 g/mol. The summed E-state index contributed by atoms with van der Waals surface area (Å²) in [6.07, 6.45) is -7.88. The average Bonchev–Trinajstić information content (AvgIpc) is 4.25. The van der Waals surface area contributed by atoms with E-state index in [0.717, 1.165) is 39.8 Å². The second-order valence-electron chi connectivity index (χ2n) is 22.7. The molecule has 0 aromatic carbocycles. The molecular weight excluding hydrogens is 1100 g/mol. The number of hydrogen-bond acceptors (Lipinski definition) is 16. The van der Waals surface area contributed by atoms with Crippen molar-refractivity contribution >= 4 is 53.2 Å². The minimum atomic E-state index is -4.58. The molecule has 6 rings (SSSR count). The van der Waals surface area contributed by atoms with Gasteiger partial charge in [-0.05, 0) is 135 Å². The van der Waals surface area contributed by atoms with Gasteiger partial charge in [-0.25, -0.2) is 19.0 Å². The van der Waals surface area contributed by atoms with Crippen molar-refractivity contribution in [1.82, 2.24) is 39.8 Å². The van der Waals surface area contributed by atoms with Crippen LogP contribution < -0.4 is 27.0 Å². The Labute approximate surface area is 473 Å². The monoisotopic (exact) mass is 1170 g/mol. The number of primary amides is 1. The van der Waals surface area contributed by atoms with Crippen molar-refractivity contribution in [3.05, 3.63) is 82.8 Å². The van der Waals surface area contributed by atoms with Crippen molar-refractivity contribution in [3.63, 3.8) is 0 Å². The topological polar surface area (TPSA) is 315 Å². The first-order valence-electron chi connectivity index (χ1n) is 25.7. The lowest BCUT2D eigenvalue weighted by Crippen LogP contribution is -2.35. The fraction of sp³-hybridized carbons (Fsp3) is 0.481. The van der Waals surface area contributed by atoms with Crippen LogP contribution in [0.4, 0.5) is 59.2 Å². The van der Waals surface area contributed by atoms with Crippen molar-refractivity contribution < 1.29 is 68.8 Å². The van der Waals surface area contributed by atoms with Gasteiger partial charge in [0.1, 0.15) is 56.4 Å². The minimum absolute atomic E-state index is 0.0549. The molecule has 0 saturated heterocycles. The molecule has 0 aliphatic rings. The third-order valence-corrected chi connectivity index (χ3v) is 12.4. The summed E-state index contributed by atoms with van der Waals surface area (Å²) in [5.41, 5.74) is 1.51. The highest BCUT2D eigenvalue weighted by atomic mass is 19.4. The molecule has 83 heavy (non-hydrogen) atoms. The molecule has 0 bridgehead atoms. The molecule has 2 unspecified atom stereocenters. The lowest BCUT2D eigenvalue weighted by atomic mass is 9.89. The number of nitrogens with two attached hydrogens (primary N) is 1. The molecule has 0 radical (unpaired) electrons. The van der Waals surface area contributed by atoms with Crippen molar-refractivity contribution in [2.24, 2.45) is 5.73 Å². The third kappa shape index (κ3) is 15.4. The minimum Gasteiger partial charge on any atom is -0.444 e. The molecule has 0 saturated carbocycles. The van der Waals surface area contributed by atoms with E-state index in [1.54, 1.807) is 87.4 Å². The van der Waals surface area contributed by atoms with Crippen molar-refractivity contribution in [1.29, 1.82) is 5.26 Å². The van der Waals surface area contributed by atoms with Crippen LogP contribution in [0.25, 0.3) is 22.5 Å². The molecule has 0 spiro atoms. The molecule has 6 aromatic heterocycles. The van der Waals surface area contributed by atoms with Crippen LogP contribution in [0.15, 0.2) is 57.8 Å². The van der Waals surface area contributed by atoms with Gasteiger partial charge in [-0.15, -0.1) is 0 Å². The summed E-state index contributed by atoms with van der Waals surface area (Å²) in [5, 5.41) is 36.0. The first kappa shape index (κ1) is 65.0. The Kier molecular flexibility index (Phi) is 19.0. The van der Waals surface area contributed by atoms with Crippen LogP contribution in [0.3, 0.4) is 0 Å². The third-order valence-electron chi connectivity index (χ3n) is 12.4. The van der Waals surface area contributed by atoms with Gasteiger partial charge in [0.05, 0.1) is 23.2 Å². The summed E-state index contributed by atoms with van der Waals surface area (Å²) >= 11 is 0. The fourth-order valence-corrected chi connectivity index (χ4v) is 7.28. The smallest absolute Gasteiger partial charge is 0.413 e. The van der Waals surface area contributed by atoms with Gasteiger partial charge in [-0.2, -0.15) is 41.8 Å². The van der Waals surface area contributed by atoms with E-state index in [4.69, 9.17) is 24.3 Å². The maximum atomic E-state index is 13.3. The van der Waals surface area contributed by atoms with Gasteiger partial charge in [0, 0.05) is 47.7 Å². The normalized spacial score (nSPS) is 13.1. The first-order valence-corrected chi connectivity index (χ1v) is 25.7. The number of nitrogens with zero attached hydrogens (tertiary/aromatic N) is 9. The molecule has 0 aliphatic carbocycles. The number of carbonyl (C=O) groups excluding carboxylic acids is 5. The zero-order chi connectivity index (χ0) is 62.7. The van der Waals surface area contributed by atoms with Gasteiger partial charge in [0.15, 0.2) is 29.0 Å². The number of nitrogens with one attached hydrogen (secondary N) is 4. The standard InChI is InChI=1S/C27H34F3N7O5.C27H32F3N7O4/c1-13(2)37-22(34-24(40)41-25(4,5)6)19(21(31)38)20(35-37)15-9-10-16(32-12-15)14(3)23(39)33-18-11-17(42-36-18)26(7,8)27(28,29)30;1-14(2)37-22(34-24(39)40-25(4,5)6)17(12-31)21(35-37)16-9-10-18(32-13-16)15(3)23(38)33-20-11-19(41-36-20)26(7,8)27(28,29)30/h9-14H,1-8H3,(H2,31,38)(H,34,40)(H,33,36,39);9-11,13-15H,1-8H3,(H,34,39)(H,33,36,38). The predicted molar refractivity (Wildman–Crippen MR) is 290 cm³/mol. The van der Waals surface area contributed by atoms with E-state index in [1.807, 2.05) is 13.8 Å². The molecule has 6 aromatic rings. The maximum absolute atomic E-state index is 13.3. The SMILES string of the molecule is CC(C(=O)Nc1cc(C(C)(C)C(F)(F)F)on1)c1ccc(-c2nn(C(C)C)c(NC(=O)OC(C)(C)C)c2C#N)cn1.CC(C(=O)Nc1cc(C(C)(C)C(F)(F)F)on1)c1ccc(-c2nn(C(C)C)c(NC(=O)OC(C)(C)C)c2C(N)=O)cn1.